The zero-order valence-corrected chi connectivity index (χ0v) is 9.17. The number of amides is 1. The summed E-state index contributed by atoms with van der Waals surface area (Å²) in [7, 11) is 0. The van der Waals surface area contributed by atoms with Gasteiger partial charge in [0.2, 0.25) is 0 Å². The first-order valence-electron chi connectivity index (χ1n) is 5.15. The van der Waals surface area contributed by atoms with Crippen molar-refractivity contribution in [3.05, 3.63) is 16.6 Å². The fraction of sp³-hybridized carbons (Fsp3) is 0.600. The van der Waals surface area contributed by atoms with E-state index in [2.05, 4.69) is 10.3 Å². The van der Waals surface area contributed by atoms with Crippen molar-refractivity contribution in [2.45, 2.75) is 37.8 Å². The van der Waals surface area contributed by atoms with E-state index in [-0.39, 0.29) is 11.9 Å². The number of carbonyl (C=O) groups is 1. The van der Waals surface area contributed by atoms with Gasteiger partial charge >= 0.3 is 0 Å². The first-order chi connectivity index (χ1) is 7.27. The lowest BCUT2D eigenvalue weighted by Crippen LogP contribution is -2.44. The van der Waals surface area contributed by atoms with Crippen LogP contribution in [0.3, 0.4) is 0 Å². The Hall–Kier alpha value is -0.940. The average Bonchev–Trinajstić information content (AvgIpc) is 2.74. The van der Waals surface area contributed by atoms with Gasteiger partial charge in [0.05, 0.1) is 23.9 Å². The van der Waals surface area contributed by atoms with Crippen molar-refractivity contribution < 1.29 is 9.90 Å². The molecule has 1 aliphatic carbocycles. The minimum Gasteiger partial charge on any atom is -0.391 e. The number of nitrogens with zero attached hydrogens (tertiary/aromatic N) is 1. The van der Waals surface area contributed by atoms with Gasteiger partial charge in [0, 0.05) is 0 Å². The van der Waals surface area contributed by atoms with E-state index in [1.54, 1.807) is 11.7 Å². The van der Waals surface area contributed by atoms with Crippen molar-refractivity contribution in [1.82, 2.24) is 10.3 Å². The smallest absolute Gasteiger partial charge is 0.263 e. The fourth-order valence-electron chi connectivity index (χ4n) is 1.85. The maximum atomic E-state index is 11.7. The van der Waals surface area contributed by atoms with E-state index in [4.69, 9.17) is 0 Å². The van der Waals surface area contributed by atoms with Crippen LogP contribution in [0.25, 0.3) is 0 Å². The molecule has 0 bridgehead atoms. The van der Waals surface area contributed by atoms with Crippen LogP contribution in [-0.4, -0.2) is 28.1 Å². The minimum atomic E-state index is -0.393. The van der Waals surface area contributed by atoms with Crippen LogP contribution in [0, 0.1) is 0 Å². The molecule has 1 heterocycles. The molecular formula is C10H14N2O2S. The molecule has 1 saturated carbocycles. The molecular weight excluding hydrogens is 212 g/mol. The van der Waals surface area contributed by atoms with Gasteiger partial charge in [-0.25, -0.2) is 0 Å². The Kier molecular flexibility index (Phi) is 3.33. The van der Waals surface area contributed by atoms with E-state index < -0.39 is 6.10 Å². The highest BCUT2D eigenvalue weighted by Gasteiger charge is 2.25. The number of thiazole rings is 1. The summed E-state index contributed by atoms with van der Waals surface area (Å²) in [4.78, 5) is 16.1. The Labute approximate surface area is 92.3 Å². The second kappa shape index (κ2) is 4.72. The van der Waals surface area contributed by atoms with Gasteiger partial charge in [-0.1, -0.05) is 12.8 Å². The van der Waals surface area contributed by atoms with E-state index in [0.717, 1.165) is 25.7 Å². The molecule has 0 unspecified atom stereocenters. The fourth-order valence-corrected chi connectivity index (χ4v) is 2.37. The normalized spacial score (nSPS) is 26.2. The third-order valence-corrected chi connectivity index (χ3v) is 3.47. The standard InChI is InChI=1S/C10H14N2O2S/c13-8-4-2-1-3-7(8)12-10(14)9-5-11-6-15-9/h5-8,13H,1-4H2,(H,12,14)/t7-,8-/m0/s1. The van der Waals surface area contributed by atoms with Crippen LogP contribution in [0.4, 0.5) is 0 Å². The van der Waals surface area contributed by atoms with Crippen molar-refractivity contribution in [2.24, 2.45) is 0 Å². The predicted octanol–water partition coefficient (Wildman–Crippen LogP) is 1.18. The van der Waals surface area contributed by atoms with Crippen LogP contribution in [0.5, 0.6) is 0 Å². The van der Waals surface area contributed by atoms with Gasteiger partial charge in [-0.05, 0) is 12.8 Å². The molecule has 5 heteroatoms. The van der Waals surface area contributed by atoms with E-state index >= 15 is 0 Å². The highest BCUT2D eigenvalue weighted by Crippen LogP contribution is 2.19. The zero-order valence-electron chi connectivity index (χ0n) is 8.35. The van der Waals surface area contributed by atoms with Gasteiger partial charge in [0.15, 0.2) is 0 Å². The summed E-state index contributed by atoms with van der Waals surface area (Å²) in [6.45, 7) is 0. The summed E-state index contributed by atoms with van der Waals surface area (Å²) in [5.41, 5.74) is 1.63. The van der Waals surface area contributed by atoms with Crippen LogP contribution >= 0.6 is 11.3 Å². The van der Waals surface area contributed by atoms with Gasteiger partial charge in [-0.15, -0.1) is 11.3 Å². The second-order valence-corrected chi connectivity index (χ2v) is 4.68. The summed E-state index contributed by atoms with van der Waals surface area (Å²) in [6.07, 6.45) is 4.93. The van der Waals surface area contributed by atoms with Crippen molar-refractivity contribution in [3.63, 3.8) is 0 Å². The quantitative estimate of drug-likeness (QED) is 0.796. The number of carbonyl (C=O) groups excluding carboxylic acids is 1. The topological polar surface area (TPSA) is 62.2 Å². The summed E-state index contributed by atoms with van der Waals surface area (Å²) in [6, 6.07) is -0.0895. The van der Waals surface area contributed by atoms with Crippen LogP contribution in [-0.2, 0) is 0 Å². The third kappa shape index (κ3) is 2.54. The summed E-state index contributed by atoms with van der Waals surface area (Å²) in [5, 5.41) is 12.5. The molecule has 4 nitrogen and oxygen atoms in total. The Bertz CT molecular complexity index is 326. The number of hydrogen-bond donors (Lipinski definition) is 2. The molecule has 0 spiro atoms. The number of nitrogens with one attached hydrogen (secondary N) is 1. The van der Waals surface area contributed by atoms with Crippen molar-refractivity contribution in [2.75, 3.05) is 0 Å². The van der Waals surface area contributed by atoms with Crippen LogP contribution in [0.2, 0.25) is 0 Å². The van der Waals surface area contributed by atoms with Crippen molar-refractivity contribution in [1.29, 1.82) is 0 Å². The highest BCUT2D eigenvalue weighted by molar-refractivity contribution is 7.11. The monoisotopic (exact) mass is 226 g/mol. The van der Waals surface area contributed by atoms with Gasteiger partial charge < -0.3 is 10.4 Å². The maximum Gasteiger partial charge on any atom is 0.263 e. The summed E-state index contributed by atoms with van der Waals surface area (Å²) < 4.78 is 0. The number of aromatic nitrogens is 1. The molecule has 1 fully saturated rings. The number of aliphatic hydroxyl groups is 1. The molecule has 1 amide bonds. The number of aliphatic hydroxyl groups excluding tert-OH is 1. The van der Waals surface area contributed by atoms with Gasteiger partial charge in [0.1, 0.15) is 4.88 Å². The maximum absolute atomic E-state index is 11.7. The Morgan fingerprint density at radius 2 is 2.33 bits per heavy atom. The third-order valence-electron chi connectivity index (χ3n) is 2.70. The lowest BCUT2D eigenvalue weighted by molar-refractivity contribution is 0.0720. The largest absolute Gasteiger partial charge is 0.391 e. The summed E-state index contributed by atoms with van der Waals surface area (Å²) in [5.74, 6) is -0.122. The van der Waals surface area contributed by atoms with Crippen molar-refractivity contribution in [3.8, 4) is 0 Å². The van der Waals surface area contributed by atoms with E-state index in [1.165, 1.54) is 11.3 Å². The van der Waals surface area contributed by atoms with Crippen LogP contribution < -0.4 is 5.32 Å². The first kappa shape index (κ1) is 10.6. The molecule has 2 N–H and O–H groups in total. The molecule has 82 valence electrons. The number of hydrogen-bond acceptors (Lipinski definition) is 4. The zero-order chi connectivity index (χ0) is 10.7. The predicted molar refractivity (Wildman–Crippen MR) is 57.8 cm³/mol. The molecule has 1 aromatic rings. The molecule has 0 radical (unpaired) electrons. The molecule has 1 aliphatic rings. The van der Waals surface area contributed by atoms with Crippen molar-refractivity contribution >= 4 is 17.2 Å². The molecule has 2 rings (SSSR count). The molecule has 0 aliphatic heterocycles. The highest BCUT2D eigenvalue weighted by atomic mass is 32.1. The first-order valence-corrected chi connectivity index (χ1v) is 6.03. The summed E-state index contributed by atoms with van der Waals surface area (Å²) >= 11 is 1.32. The van der Waals surface area contributed by atoms with E-state index in [0.29, 0.717) is 4.88 Å². The molecule has 0 saturated heterocycles. The Balaban J connectivity index is 1.93. The number of rotatable bonds is 2. The van der Waals surface area contributed by atoms with Crippen LogP contribution in [0.1, 0.15) is 35.4 Å². The molecule has 15 heavy (non-hydrogen) atoms. The van der Waals surface area contributed by atoms with Gasteiger partial charge in [-0.3, -0.25) is 9.78 Å². The lowest BCUT2D eigenvalue weighted by atomic mass is 9.92. The van der Waals surface area contributed by atoms with Gasteiger partial charge in [-0.2, -0.15) is 0 Å². The van der Waals surface area contributed by atoms with Crippen LogP contribution in [0.15, 0.2) is 11.7 Å². The van der Waals surface area contributed by atoms with Gasteiger partial charge in [0.25, 0.3) is 5.91 Å². The minimum absolute atomic E-state index is 0.0895. The van der Waals surface area contributed by atoms with E-state index in [1.807, 2.05) is 0 Å². The molecule has 2 atom stereocenters. The second-order valence-electron chi connectivity index (χ2n) is 3.80. The van der Waals surface area contributed by atoms with E-state index in [9.17, 15) is 9.90 Å². The Morgan fingerprint density at radius 3 is 3.00 bits per heavy atom. The SMILES string of the molecule is O=C(N[C@H]1CCCC[C@@H]1O)c1cncs1. The lowest BCUT2D eigenvalue weighted by Gasteiger charge is -2.28. The average molecular weight is 226 g/mol. The molecule has 0 aromatic carbocycles. The Morgan fingerprint density at radius 1 is 1.53 bits per heavy atom. The molecule has 1 aromatic heterocycles.